The zero-order chi connectivity index (χ0) is 19.4. The zero-order valence-corrected chi connectivity index (χ0v) is 16.3. The summed E-state index contributed by atoms with van der Waals surface area (Å²) in [6.07, 6.45) is 3.51. The molecule has 0 fully saturated rings. The summed E-state index contributed by atoms with van der Waals surface area (Å²) in [4.78, 5) is 12.2. The number of carbonyl (C=O) groups is 1. The van der Waals surface area contributed by atoms with E-state index in [0.717, 1.165) is 22.7 Å². The Balaban J connectivity index is 1.71. The van der Waals surface area contributed by atoms with Crippen molar-refractivity contribution in [1.29, 1.82) is 0 Å². The molecule has 1 heterocycles. The number of amides is 1. The molecule has 7 heteroatoms. The molecule has 0 aliphatic rings. The van der Waals surface area contributed by atoms with Crippen molar-refractivity contribution in [3.8, 4) is 11.4 Å². The molecule has 1 N–H and O–H groups in total. The van der Waals surface area contributed by atoms with Gasteiger partial charge in [-0.25, -0.2) is 5.43 Å². The zero-order valence-electron chi connectivity index (χ0n) is 14.7. The topological polar surface area (TPSA) is 55.6 Å². The summed E-state index contributed by atoms with van der Waals surface area (Å²) >= 11 is 11.9. The first-order valence-electron chi connectivity index (χ1n) is 8.10. The number of aryl methyl sites for hydroxylation is 1. The van der Waals surface area contributed by atoms with Crippen LogP contribution in [0.4, 0.5) is 0 Å². The fraction of sp³-hybridized carbons (Fsp3) is 0.100. The van der Waals surface area contributed by atoms with Crippen molar-refractivity contribution in [2.75, 3.05) is 7.11 Å². The largest absolute Gasteiger partial charge is 0.497 e. The van der Waals surface area contributed by atoms with E-state index in [1.165, 1.54) is 6.07 Å². The molecule has 0 saturated heterocycles. The predicted molar refractivity (Wildman–Crippen MR) is 109 cm³/mol. The maximum absolute atomic E-state index is 12.2. The summed E-state index contributed by atoms with van der Waals surface area (Å²) in [6, 6.07) is 14.4. The second kappa shape index (κ2) is 8.29. The van der Waals surface area contributed by atoms with Gasteiger partial charge in [0.05, 0.1) is 23.9 Å². The highest BCUT2D eigenvalue weighted by Crippen LogP contribution is 2.21. The van der Waals surface area contributed by atoms with Gasteiger partial charge in [-0.3, -0.25) is 4.79 Å². The third-order valence-electron chi connectivity index (χ3n) is 3.94. The van der Waals surface area contributed by atoms with Gasteiger partial charge in [0.2, 0.25) is 0 Å². The molecule has 0 atom stereocenters. The van der Waals surface area contributed by atoms with Gasteiger partial charge in [-0.2, -0.15) is 5.10 Å². The second-order valence-corrected chi connectivity index (χ2v) is 6.65. The molecule has 0 aliphatic carbocycles. The number of hydrazone groups is 1. The summed E-state index contributed by atoms with van der Waals surface area (Å²) < 4.78 is 7.21. The van der Waals surface area contributed by atoms with Crippen molar-refractivity contribution in [3.05, 3.63) is 81.6 Å². The van der Waals surface area contributed by atoms with E-state index in [0.29, 0.717) is 10.6 Å². The maximum Gasteiger partial charge on any atom is 0.272 e. The van der Waals surface area contributed by atoms with E-state index < -0.39 is 5.91 Å². The molecule has 0 radical (unpaired) electrons. The van der Waals surface area contributed by atoms with Crippen LogP contribution >= 0.6 is 23.2 Å². The number of methoxy groups -OCH3 is 1. The molecule has 0 spiro atoms. The number of hydrogen-bond acceptors (Lipinski definition) is 3. The number of nitrogens with zero attached hydrogens (tertiary/aromatic N) is 2. The first-order chi connectivity index (χ1) is 13.0. The van der Waals surface area contributed by atoms with Crippen LogP contribution in [0.5, 0.6) is 5.75 Å². The fourth-order valence-corrected chi connectivity index (χ4v) is 3.08. The minimum Gasteiger partial charge on any atom is -0.497 e. The number of hydrogen-bond donors (Lipinski definition) is 1. The average molecular weight is 402 g/mol. The highest BCUT2D eigenvalue weighted by Gasteiger charge is 2.10. The van der Waals surface area contributed by atoms with Crippen molar-refractivity contribution < 1.29 is 9.53 Å². The Kier molecular flexibility index (Phi) is 5.84. The Hall–Kier alpha value is -2.76. The normalized spacial score (nSPS) is 11.0. The number of aromatic nitrogens is 1. The molecule has 3 rings (SSSR count). The van der Waals surface area contributed by atoms with E-state index in [9.17, 15) is 4.79 Å². The van der Waals surface area contributed by atoms with Gasteiger partial charge in [0.1, 0.15) is 5.75 Å². The number of halogens is 2. The van der Waals surface area contributed by atoms with Crippen LogP contribution in [-0.2, 0) is 0 Å². The van der Waals surface area contributed by atoms with Gasteiger partial charge in [-0.15, -0.1) is 0 Å². The lowest BCUT2D eigenvalue weighted by molar-refractivity contribution is 0.0955. The van der Waals surface area contributed by atoms with E-state index in [1.807, 2.05) is 48.0 Å². The summed E-state index contributed by atoms with van der Waals surface area (Å²) in [5.74, 6) is 0.396. The third kappa shape index (κ3) is 4.51. The Labute approximate surface area is 167 Å². The molecule has 3 aromatic rings. The van der Waals surface area contributed by atoms with E-state index in [2.05, 4.69) is 10.5 Å². The molecule has 1 amide bonds. The molecule has 2 aromatic carbocycles. The fourth-order valence-electron chi connectivity index (χ4n) is 2.59. The number of ether oxygens (including phenoxy) is 1. The van der Waals surface area contributed by atoms with Crippen LogP contribution < -0.4 is 10.2 Å². The van der Waals surface area contributed by atoms with Gasteiger partial charge in [0.15, 0.2) is 0 Å². The van der Waals surface area contributed by atoms with Crippen LogP contribution in [-0.4, -0.2) is 23.8 Å². The summed E-state index contributed by atoms with van der Waals surface area (Å²) in [5.41, 5.74) is 5.67. The third-order valence-corrected chi connectivity index (χ3v) is 4.49. The predicted octanol–water partition coefficient (Wildman–Crippen LogP) is 4.87. The van der Waals surface area contributed by atoms with Gasteiger partial charge < -0.3 is 9.30 Å². The number of carbonyl (C=O) groups excluding carboxylic acids is 1. The minimum atomic E-state index is -0.403. The standard InChI is InChI=1S/C20H17Cl2N3O2/c1-13-9-14(12-25(13)16-4-6-17(27-2)7-5-16)11-23-24-20(26)18-8-3-15(21)10-19(18)22/h3-12H,1-2H3,(H,24,26)/b23-11-. The molecule has 1 aromatic heterocycles. The van der Waals surface area contributed by atoms with Crippen molar-refractivity contribution >= 4 is 35.3 Å². The first-order valence-corrected chi connectivity index (χ1v) is 8.85. The van der Waals surface area contributed by atoms with Crippen LogP contribution in [0.3, 0.4) is 0 Å². The summed E-state index contributed by atoms with van der Waals surface area (Å²) in [6.45, 7) is 1.99. The molecule has 0 aliphatic heterocycles. The molecular formula is C20H17Cl2N3O2. The highest BCUT2D eigenvalue weighted by molar-refractivity contribution is 6.36. The van der Waals surface area contributed by atoms with Crippen LogP contribution in [0.15, 0.2) is 59.8 Å². The number of benzene rings is 2. The second-order valence-electron chi connectivity index (χ2n) is 5.81. The highest BCUT2D eigenvalue weighted by atomic mass is 35.5. The first kappa shape index (κ1) is 19.0. The van der Waals surface area contributed by atoms with Gasteiger partial charge >= 0.3 is 0 Å². The lowest BCUT2D eigenvalue weighted by atomic mass is 10.2. The Morgan fingerprint density at radius 1 is 1.15 bits per heavy atom. The summed E-state index contributed by atoms with van der Waals surface area (Å²) in [5, 5.41) is 4.75. The van der Waals surface area contributed by atoms with Crippen molar-refractivity contribution in [1.82, 2.24) is 9.99 Å². The van der Waals surface area contributed by atoms with E-state index in [1.54, 1.807) is 25.5 Å². The van der Waals surface area contributed by atoms with Gasteiger partial charge in [-0.05, 0) is 55.5 Å². The maximum atomic E-state index is 12.2. The SMILES string of the molecule is COc1ccc(-n2cc(/C=N\NC(=O)c3ccc(Cl)cc3Cl)cc2C)cc1. The van der Waals surface area contributed by atoms with Gasteiger partial charge in [0, 0.05) is 28.2 Å². The molecule has 0 saturated carbocycles. The number of nitrogens with one attached hydrogen (secondary N) is 1. The average Bonchev–Trinajstić information content (AvgIpc) is 3.02. The van der Waals surface area contributed by atoms with Crippen molar-refractivity contribution in [3.63, 3.8) is 0 Å². The van der Waals surface area contributed by atoms with Crippen LogP contribution in [0.25, 0.3) is 5.69 Å². The van der Waals surface area contributed by atoms with E-state index in [-0.39, 0.29) is 5.02 Å². The molecule has 5 nitrogen and oxygen atoms in total. The molecule has 138 valence electrons. The van der Waals surface area contributed by atoms with Crippen LogP contribution in [0, 0.1) is 6.92 Å². The van der Waals surface area contributed by atoms with Crippen LogP contribution in [0.1, 0.15) is 21.6 Å². The van der Waals surface area contributed by atoms with Crippen molar-refractivity contribution in [2.45, 2.75) is 6.92 Å². The molecule has 27 heavy (non-hydrogen) atoms. The Morgan fingerprint density at radius 3 is 2.56 bits per heavy atom. The minimum absolute atomic E-state index is 0.275. The lowest BCUT2D eigenvalue weighted by Gasteiger charge is -2.06. The Morgan fingerprint density at radius 2 is 1.89 bits per heavy atom. The summed E-state index contributed by atoms with van der Waals surface area (Å²) in [7, 11) is 1.63. The van der Waals surface area contributed by atoms with E-state index >= 15 is 0 Å². The van der Waals surface area contributed by atoms with Gasteiger partial charge in [-0.1, -0.05) is 23.2 Å². The quantitative estimate of drug-likeness (QED) is 0.489. The van der Waals surface area contributed by atoms with E-state index in [4.69, 9.17) is 27.9 Å². The van der Waals surface area contributed by atoms with Crippen molar-refractivity contribution in [2.24, 2.45) is 5.10 Å². The Bertz CT molecular complexity index is 995. The molecule has 0 bridgehead atoms. The molecule has 0 unspecified atom stereocenters. The van der Waals surface area contributed by atoms with Crippen LogP contribution in [0.2, 0.25) is 10.0 Å². The smallest absolute Gasteiger partial charge is 0.272 e. The number of rotatable bonds is 5. The molecular weight excluding hydrogens is 385 g/mol. The monoisotopic (exact) mass is 401 g/mol. The lowest BCUT2D eigenvalue weighted by Crippen LogP contribution is -2.17. The van der Waals surface area contributed by atoms with Gasteiger partial charge in [0.25, 0.3) is 5.91 Å².